The Bertz CT molecular complexity index is 153. The third-order valence-corrected chi connectivity index (χ3v) is 2.37. The first-order chi connectivity index (χ1) is 6.61. The lowest BCUT2D eigenvalue weighted by Gasteiger charge is -2.15. The summed E-state index contributed by atoms with van der Waals surface area (Å²) in [5, 5.41) is 6.28. The zero-order valence-electron chi connectivity index (χ0n) is 9.89. The van der Waals surface area contributed by atoms with Crippen LogP contribution in [-0.4, -0.2) is 25.0 Å². The second-order valence-corrected chi connectivity index (χ2v) is 3.91. The molecule has 0 heterocycles. The van der Waals surface area contributed by atoms with Crippen LogP contribution in [0.5, 0.6) is 0 Å². The minimum absolute atomic E-state index is 0.0862. The van der Waals surface area contributed by atoms with Crippen LogP contribution in [0.2, 0.25) is 0 Å². The predicted octanol–water partition coefficient (Wildman–Crippen LogP) is 1.54. The molecule has 0 aliphatic carbocycles. The fourth-order valence-corrected chi connectivity index (χ4v) is 1.24. The Labute approximate surface area is 87.6 Å². The molecule has 0 aromatic rings. The van der Waals surface area contributed by atoms with Gasteiger partial charge in [-0.25, -0.2) is 0 Å². The van der Waals surface area contributed by atoms with E-state index in [1.165, 1.54) is 0 Å². The fourth-order valence-electron chi connectivity index (χ4n) is 1.24. The van der Waals surface area contributed by atoms with Gasteiger partial charge in [-0.15, -0.1) is 0 Å². The van der Waals surface area contributed by atoms with Crippen LogP contribution in [0.1, 0.15) is 40.5 Å². The number of hydrogen-bond donors (Lipinski definition) is 2. The van der Waals surface area contributed by atoms with E-state index in [0.29, 0.717) is 6.04 Å². The molecule has 0 saturated heterocycles. The van der Waals surface area contributed by atoms with Crippen molar-refractivity contribution in [3.05, 3.63) is 0 Å². The van der Waals surface area contributed by atoms with Crippen molar-refractivity contribution < 1.29 is 4.79 Å². The van der Waals surface area contributed by atoms with Gasteiger partial charge in [0.1, 0.15) is 0 Å². The van der Waals surface area contributed by atoms with E-state index in [-0.39, 0.29) is 11.8 Å². The van der Waals surface area contributed by atoms with Crippen LogP contribution in [0.25, 0.3) is 0 Å². The van der Waals surface area contributed by atoms with E-state index in [9.17, 15) is 4.79 Å². The topological polar surface area (TPSA) is 41.1 Å². The van der Waals surface area contributed by atoms with Gasteiger partial charge in [-0.2, -0.15) is 0 Å². The van der Waals surface area contributed by atoms with Crippen molar-refractivity contribution in [1.82, 2.24) is 10.6 Å². The Morgan fingerprint density at radius 1 is 1.14 bits per heavy atom. The molecule has 1 amide bonds. The monoisotopic (exact) mass is 200 g/mol. The number of nitrogens with one attached hydrogen (secondary N) is 2. The van der Waals surface area contributed by atoms with E-state index >= 15 is 0 Å². The highest BCUT2D eigenvalue weighted by Crippen LogP contribution is 1.94. The molecule has 0 aliphatic rings. The molecule has 0 aromatic carbocycles. The zero-order chi connectivity index (χ0) is 11.0. The summed E-state index contributed by atoms with van der Waals surface area (Å²) in [5.74, 6) is 0.222. The summed E-state index contributed by atoms with van der Waals surface area (Å²) in [6.45, 7) is 9.76. The van der Waals surface area contributed by atoms with Crippen molar-refractivity contribution in [3.8, 4) is 0 Å². The largest absolute Gasteiger partial charge is 0.355 e. The number of hydrogen-bond acceptors (Lipinski definition) is 2. The van der Waals surface area contributed by atoms with Crippen molar-refractivity contribution in [3.63, 3.8) is 0 Å². The molecular weight excluding hydrogens is 176 g/mol. The van der Waals surface area contributed by atoms with Gasteiger partial charge < -0.3 is 10.6 Å². The maximum atomic E-state index is 11.2. The minimum Gasteiger partial charge on any atom is -0.355 e. The Hall–Kier alpha value is -0.570. The first kappa shape index (κ1) is 13.4. The highest BCUT2D eigenvalue weighted by atomic mass is 16.1. The third-order valence-electron chi connectivity index (χ3n) is 2.37. The summed E-state index contributed by atoms with van der Waals surface area (Å²) >= 11 is 0. The number of carbonyl (C=O) groups is 1. The van der Waals surface area contributed by atoms with E-state index in [4.69, 9.17) is 0 Å². The summed E-state index contributed by atoms with van der Waals surface area (Å²) in [6.07, 6.45) is 2.29. The van der Waals surface area contributed by atoms with E-state index < -0.39 is 0 Å². The standard InChI is InChI=1S/C11H24N2O/c1-5-10(6-2)12-7-8-13-11(14)9(3)4/h9-10,12H,5-8H2,1-4H3,(H,13,14). The number of rotatable bonds is 7. The molecule has 0 aromatic heterocycles. The summed E-state index contributed by atoms with van der Waals surface area (Å²) in [7, 11) is 0. The van der Waals surface area contributed by atoms with Gasteiger partial charge in [0.25, 0.3) is 0 Å². The van der Waals surface area contributed by atoms with Gasteiger partial charge in [-0.05, 0) is 12.8 Å². The summed E-state index contributed by atoms with van der Waals surface area (Å²) in [4.78, 5) is 11.2. The molecule has 3 nitrogen and oxygen atoms in total. The molecule has 84 valence electrons. The average molecular weight is 200 g/mol. The molecule has 0 atom stereocenters. The predicted molar refractivity (Wildman–Crippen MR) is 60.2 cm³/mol. The number of amides is 1. The highest BCUT2D eigenvalue weighted by Gasteiger charge is 2.05. The Morgan fingerprint density at radius 2 is 1.71 bits per heavy atom. The summed E-state index contributed by atoms with van der Waals surface area (Å²) in [5.41, 5.74) is 0. The van der Waals surface area contributed by atoms with Crippen LogP contribution in [0, 0.1) is 5.92 Å². The molecule has 2 N–H and O–H groups in total. The highest BCUT2D eigenvalue weighted by molar-refractivity contribution is 5.77. The average Bonchev–Trinajstić information content (AvgIpc) is 2.17. The Kier molecular flexibility index (Phi) is 7.48. The fraction of sp³-hybridized carbons (Fsp3) is 0.909. The Morgan fingerprint density at radius 3 is 2.14 bits per heavy atom. The van der Waals surface area contributed by atoms with E-state index in [1.54, 1.807) is 0 Å². The van der Waals surface area contributed by atoms with Crippen LogP contribution in [-0.2, 0) is 4.79 Å². The molecule has 3 heteroatoms. The van der Waals surface area contributed by atoms with Crippen LogP contribution in [0.4, 0.5) is 0 Å². The lowest BCUT2D eigenvalue weighted by atomic mass is 10.2. The van der Waals surface area contributed by atoms with Crippen LogP contribution in [0.15, 0.2) is 0 Å². The molecule has 0 spiro atoms. The molecule has 0 rings (SSSR count). The summed E-state index contributed by atoms with van der Waals surface area (Å²) in [6, 6.07) is 0.589. The normalized spacial score (nSPS) is 11.0. The third kappa shape index (κ3) is 5.97. The second-order valence-electron chi connectivity index (χ2n) is 3.91. The van der Waals surface area contributed by atoms with Gasteiger partial charge in [0.05, 0.1) is 0 Å². The van der Waals surface area contributed by atoms with Crippen molar-refractivity contribution in [2.45, 2.75) is 46.6 Å². The first-order valence-corrected chi connectivity index (χ1v) is 5.62. The van der Waals surface area contributed by atoms with Crippen LogP contribution in [0.3, 0.4) is 0 Å². The van der Waals surface area contributed by atoms with Crippen molar-refractivity contribution in [2.75, 3.05) is 13.1 Å². The Balaban J connectivity index is 3.41. The lowest BCUT2D eigenvalue weighted by Crippen LogP contribution is -2.37. The van der Waals surface area contributed by atoms with Crippen LogP contribution >= 0.6 is 0 Å². The number of carbonyl (C=O) groups excluding carboxylic acids is 1. The SMILES string of the molecule is CCC(CC)NCCNC(=O)C(C)C. The zero-order valence-corrected chi connectivity index (χ0v) is 9.89. The van der Waals surface area contributed by atoms with Crippen molar-refractivity contribution >= 4 is 5.91 Å². The van der Waals surface area contributed by atoms with Gasteiger partial charge in [-0.1, -0.05) is 27.7 Å². The molecule has 0 unspecified atom stereocenters. The van der Waals surface area contributed by atoms with Gasteiger partial charge in [-0.3, -0.25) is 4.79 Å². The molecule has 0 radical (unpaired) electrons. The van der Waals surface area contributed by atoms with Crippen LogP contribution < -0.4 is 10.6 Å². The van der Waals surface area contributed by atoms with Crippen molar-refractivity contribution in [1.29, 1.82) is 0 Å². The van der Waals surface area contributed by atoms with Crippen molar-refractivity contribution in [2.24, 2.45) is 5.92 Å². The van der Waals surface area contributed by atoms with Gasteiger partial charge in [0.2, 0.25) is 5.91 Å². The smallest absolute Gasteiger partial charge is 0.222 e. The van der Waals surface area contributed by atoms with Gasteiger partial charge in [0, 0.05) is 25.0 Å². The van der Waals surface area contributed by atoms with Gasteiger partial charge in [0.15, 0.2) is 0 Å². The molecular formula is C11H24N2O. The summed E-state index contributed by atoms with van der Waals surface area (Å²) < 4.78 is 0. The minimum atomic E-state index is 0.0862. The maximum Gasteiger partial charge on any atom is 0.222 e. The molecule has 0 saturated carbocycles. The molecule has 14 heavy (non-hydrogen) atoms. The first-order valence-electron chi connectivity index (χ1n) is 5.62. The lowest BCUT2D eigenvalue weighted by molar-refractivity contribution is -0.123. The molecule has 0 fully saturated rings. The molecule has 0 bridgehead atoms. The van der Waals surface area contributed by atoms with E-state index in [2.05, 4.69) is 24.5 Å². The quantitative estimate of drug-likeness (QED) is 0.612. The van der Waals surface area contributed by atoms with Gasteiger partial charge >= 0.3 is 0 Å². The second kappa shape index (κ2) is 7.80. The maximum absolute atomic E-state index is 11.2. The van der Waals surface area contributed by atoms with E-state index in [0.717, 1.165) is 25.9 Å². The molecule has 0 aliphatic heterocycles. The van der Waals surface area contributed by atoms with E-state index in [1.807, 2.05) is 13.8 Å².